The number of carbonyl (C=O) groups is 1. The summed E-state index contributed by atoms with van der Waals surface area (Å²) in [5.74, 6) is 0.531. The monoisotopic (exact) mass is 198 g/mol. The number of nitrogens with one attached hydrogen (secondary N) is 2. The molecule has 2 N–H and O–H groups in total. The van der Waals surface area contributed by atoms with Crippen molar-refractivity contribution in [1.82, 2.24) is 10.6 Å². The number of morpholine rings is 1. The molecule has 2 fully saturated rings. The second kappa shape index (κ2) is 3.87. The minimum absolute atomic E-state index is 0.00578. The molecule has 4 nitrogen and oxygen atoms in total. The molecule has 80 valence electrons. The van der Waals surface area contributed by atoms with Gasteiger partial charge in [-0.2, -0.15) is 0 Å². The van der Waals surface area contributed by atoms with Crippen LogP contribution in [0.4, 0.5) is 0 Å². The summed E-state index contributed by atoms with van der Waals surface area (Å²) in [7, 11) is 0. The van der Waals surface area contributed by atoms with Gasteiger partial charge >= 0.3 is 0 Å². The van der Waals surface area contributed by atoms with E-state index < -0.39 is 0 Å². The Morgan fingerprint density at radius 1 is 1.57 bits per heavy atom. The number of ether oxygens (including phenoxy) is 1. The van der Waals surface area contributed by atoms with Gasteiger partial charge in [0.25, 0.3) is 0 Å². The van der Waals surface area contributed by atoms with Gasteiger partial charge in [0.1, 0.15) is 6.61 Å². The second-order valence-electron chi connectivity index (χ2n) is 4.42. The molecule has 2 unspecified atom stereocenters. The lowest BCUT2D eigenvalue weighted by molar-refractivity contribution is -0.149. The Kier molecular flexibility index (Phi) is 2.74. The van der Waals surface area contributed by atoms with E-state index in [1.54, 1.807) is 0 Å². The molecule has 0 aromatic rings. The van der Waals surface area contributed by atoms with E-state index in [0.717, 1.165) is 13.1 Å². The predicted octanol–water partition coefficient (Wildman–Crippen LogP) is -0.109. The smallest absolute Gasteiger partial charge is 0.246 e. The van der Waals surface area contributed by atoms with Crippen LogP contribution in [0.5, 0.6) is 0 Å². The molecule has 2 atom stereocenters. The van der Waals surface area contributed by atoms with Gasteiger partial charge in [0.05, 0.1) is 5.60 Å². The summed E-state index contributed by atoms with van der Waals surface area (Å²) < 4.78 is 5.67. The third-order valence-corrected chi connectivity index (χ3v) is 3.33. The lowest BCUT2D eigenvalue weighted by atomic mass is 9.82. The maximum Gasteiger partial charge on any atom is 0.246 e. The minimum Gasteiger partial charge on any atom is -0.363 e. The Hall–Kier alpha value is -0.610. The zero-order chi connectivity index (χ0) is 10.0. The highest BCUT2D eigenvalue weighted by atomic mass is 16.5. The van der Waals surface area contributed by atoms with E-state index >= 15 is 0 Å². The summed E-state index contributed by atoms with van der Waals surface area (Å²) in [6, 6.07) is 0. The van der Waals surface area contributed by atoms with Crippen LogP contribution in [0, 0.1) is 5.92 Å². The largest absolute Gasteiger partial charge is 0.363 e. The van der Waals surface area contributed by atoms with Crippen LogP contribution in [0.15, 0.2) is 0 Å². The first-order chi connectivity index (χ1) is 6.71. The SMILES string of the molecule is CC1(C2CCCNC2)CNC(=O)CO1. The van der Waals surface area contributed by atoms with Crippen LogP contribution < -0.4 is 10.6 Å². The number of hydrogen-bond donors (Lipinski definition) is 2. The molecule has 0 radical (unpaired) electrons. The first-order valence-electron chi connectivity index (χ1n) is 5.32. The van der Waals surface area contributed by atoms with Gasteiger partial charge < -0.3 is 15.4 Å². The molecule has 0 saturated carbocycles. The molecule has 1 amide bonds. The maximum atomic E-state index is 11.0. The average Bonchev–Trinajstić information content (AvgIpc) is 2.24. The highest BCUT2D eigenvalue weighted by Crippen LogP contribution is 2.28. The van der Waals surface area contributed by atoms with Gasteiger partial charge in [-0.15, -0.1) is 0 Å². The van der Waals surface area contributed by atoms with Gasteiger partial charge in [-0.05, 0) is 26.3 Å². The van der Waals surface area contributed by atoms with Gasteiger partial charge in [-0.1, -0.05) is 0 Å². The zero-order valence-electron chi connectivity index (χ0n) is 8.64. The van der Waals surface area contributed by atoms with Crippen molar-refractivity contribution in [3.63, 3.8) is 0 Å². The molecule has 0 bridgehead atoms. The Labute approximate surface area is 84.4 Å². The molecule has 4 heteroatoms. The van der Waals surface area contributed by atoms with Crippen molar-refractivity contribution in [3.8, 4) is 0 Å². The molecule has 0 spiro atoms. The standard InChI is InChI=1S/C10H18N2O2/c1-10(7-12-9(13)6-14-10)8-3-2-4-11-5-8/h8,11H,2-7H2,1H3,(H,12,13). The van der Waals surface area contributed by atoms with Crippen LogP contribution in [0.25, 0.3) is 0 Å². The van der Waals surface area contributed by atoms with E-state index in [-0.39, 0.29) is 18.1 Å². The van der Waals surface area contributed by atoms with Gasteiger partial charge in [-0.3, -0.25) is 4.79 Å². The lowest BCUT2D eigenvalue weighted by Crippen LogP contribution is -2.57. The molecular weight excluding hydrogens is 180 g/mol. The highest BCUT2D eigenvalue weighted by molar-refractivity contribution is 5.78. The molecule has 0 aromatic carbocycles. The molecular formula is C10H18N2O2. The fraction of sp³-hybridized carbons (Fsp3) is 0.900. The number of carbonyl (C=O) groups excluding carboxylic acids is 1. The Morgan fingerprint density at radius 3 is 3.00 bits per heavy atom. The normalized spacial score (nSPS) is 39.2. The van der Waals surface area contributed by atoms with Gasteiger partial charge in [0.15, 0.2) is 0 Å². The van der Waals surface area contributed by atoms with E-state index in [1.807, 2.05) is 0 Å². The quantitative estimate of drug-likeness (QED) is 0.618. The zero-order valence-corrected chi connectivity index (χ0v) is 8.64. The minimum atomic E-state index is -0.165. The number of hydrogen-bond acceptors (Lipinski definition) is 3. The molecule has 0 aliphatic carbocycles. The molecule has 0 aromatic heterocycles. The van der Waals surface area contributed by atoms with Crippen LogP contribution in [0.2, 0.25) is 0 Å². The predicted molar refractivity (Wildman–Crippen MR) is 53.0 cm³/mol. The van der Waals surface area contributed by atoms with Gasteiger partial charge in [-0.25, -0.2) is 0 Å². The summed E-state index contributed by atoms with van der Waals surface area (Å²) in [4.78, 5) is 11.0. The van der Waals surface area contributed by atoms with Gasteiger partial charge in [0, 0.05) is 19.0 Å². The molecule has 2 aliphatic rings. The van der Waals surface area contributed by atoms with Gasteiger partial charge in [0.2, 0.25) is 5.91 Å². The van der Waals surface area contributed by atoms with Crippen molar-refractivity contribution in [3.05, 3.63) is 0 Å². The summed E-state index contributed by atoms with van der Waals surface area (Å²) >= 11 is 0. The summed E-state index contributed by atoms with van der Waals surface area (Å²) in [6.45, 7) is 5.08. The van der Waals surface area contributed by atoms with E-state index in [1.165, 1.54) is 12.8 Å². The molecule has 2 aliphatic heterocycles. The fourth-order valence-electron chi connectivity index (χ4n) is 2.24. The topological polar surface area (TPSA) is 50.4 Å². The second-order valence-corrected chi connectivity index (χ2v) is 4.42. The van der Waals surface area contributed by atoms with Crippen LogP contribution in [-0.4, -0.2) is 37.7 Å². The Balaban J connectivity index is 1.96. The summed E-state index contributed by atoms with van der Waals surface area (Å²) in [6.07, 6.45) is 2.40. The van der Waals surface area contributed by atoms with Crippen molar-refractivity contribution < 1.29 is 9.53 Å². The number of rotatable bonds is 1. The van der Waals surface area contributed by atoms with Crippen molar-refractivity contribution in [1.29, 1.82) is 0 Å². The Morgan fingerprint density at radius 2 is 2.43 bits per heavy atom. The van der Waals surface area contributed by atoms with Crippen LogP contribution in [-0.2, 0) is 9.53 Å². The first-order valence-corrected chi connectivity index (χ1v) is 5.32. The van der Waals surface area contributed by atoms with Crippen molar-refractivity contribution >= 4 is 5.91 Å². The molecule has 2 saturated heterocycles. The third kappa shape index (κ3) is 1.91. The summed E-state index contributed by atoms with van der Waals surface area (Å²) in [5.41, 5.74) is -0.165. The van der Waals surface area contributed by atoms with Crippen molar-refractivity contribution in [2.45, 2.75) is 25.4 Å². The lowest BCUT2D eigenvalue weighted by Gasteiger charge is -2.42. The molecule has 2 rings (SSSR count). The number of amides is 1. The molecule has 2 heterocycles. The molecule has 14 heavy (non-hydrogen) atoms. The van der Waals surface area contributed by atoms with E-state index in [4.69, 9.17) is 4.74 Å². The maximum absolute atomic E-state index is 11.0. The fourth-order valence-corrected chi connectivity index (χ4v) is 2.24. The first kappa shape index (κ1) is 9.93. The van der Waals surface area contributed by atoms with E-state index in [9.17, 15) is 4.79 Å². The van der Waals surface area contributed by atoms with E-state index in [2.05, 4.69) is 17.6 Å². The van der Waals surface area contributed by atoms with Crippen LogP contribution in [0.3, 0.4) is 0 Å². The van der Waals surface area contributed by atoms with E-state index in [0.29, 0.717) is 12.5 Å². The highest BCUT2D eigenvalue weighted by Gasteiger charge is 2.39. The Bertz CT molecular complexity index is 214. The van der Waals surface area contributed by atoms with Crippen molar-refractivity contribution in [2.24, 2.45) is 5.92 Å². The van der Waals surface area contributed by atoms with Crippen molar-refractivity contribution in [2.75, 3.05) is 26.2 Å². The van der Waals surface area contributed by atoms with Crippen LogP contribution in [0.1, 0.15) is 19.8 Å². The van der Waals surface area contributed by atoms with Crippen LogP contribution >= 0.6 is 0 Å². The number of piperidine rings is 1. The summed E-state index contributed by atoms with van der Waals surface area (Å²) in [5, 5.41) is 6.25. The third-order valence-electron chi connectivity index (χ3n) is 3.33. The average molecular weight is 198 g/mol.